The third-order valence-electron chi connectivity index (χ3n) is 2.99. The molecule has 0 amide bonds. The normalized spacial score (nSPS) is 11.1. The lowest BCUT2D eigenvalue weighted by molar-refractivity contribution is 0.0687. The third kappa shape index (κ3) is 2.01. The van der Waals surface area contributed by atoms with E-state index in [9.17, 15) is 4.79 Å². The summed E-state index contributed by atoms with van der Waals surface area (Å²) in [4.78, 5) is 15.5. The quantitative estimate of drug-likeness (QED) is 0.709. The molecule has 0 fully saturated rings. The fourth-order valence-corrected chi connectivity index (χ4v) is 2.37. The number of hydrogen-bond donors (Lipinski definition) is 1. The number of imidazole rings is 2. The number of aromatic nitrogens is 3. The second kappa shape index (κ2) is 4.37. The van der Waals surface area contributed by atoms with Crippen LogP contribution in [0.4, 0.5) is 0 Å². The minimum absolute atomic E-state index is 0.219. The van der Waals surface area contributed by atoms with Gasteiger partial charge in [0.25, 0.3) is 0 Å². The van der Waals surface area contributed by atoms with Crippen molar-refractivity contribution in [3.05, 3.63) is 45.9 Å². The van der Waals surface area contributed by atoms with Crippen LogP contribution in [0.2, 0.25) is 0 Å². The van der Waals surface area contributed by atoms with Gasteiger partial charge in [0.2, 0.25) is 5.78 Å². The van der Waals surface area contributed by atoms with Gasteiger partial charge in [0.1, 0.15) is 5.69 Å². The summed E-state index contributed by atoms with van der Waals surface area (Å²) in [6.45, 7) is 0. The van der Waals surface area contributed by atoms with E-state index in [4.69, 9.17) is 5.11 Å². The average molecular weight is 367 g/mol. The van der Waals surface area contributed by atoms with Gasteiger partial charge in [-0.2, -0.15) is 0 Å². The second-order valence-electron chi connectivity index (χ2n) is 4.22. The number of hydrogen-bond acceptors (Lipinski definition) is 2. The lowest BCUT2D eigenvalue weighted by Crippen LogP contribution is -2.04. The van der Waals surface area contributed by atoms with E-state index in [1.54, 1.807) is 22.2 Å². The summed E-state index contributed by atoms with van der Waals surface area (Å²) in [6.07, 6.45) is 3.41. The first kappa shape index (κ1) is 12.2. The Labute approximate surface area is 122 Å². The fraction of sp³-hybridized carbons (Fsp3) is 0.0769. The number of halogens is 1. The van der Waals surface area contributed by atoms with Crippen LogP contribution in [0, 0.1) is 3.57 Å². The SMILES string of the molecule is Cn1c(C(=O)O)cn2cc(-c3ccc(I)cc3)nc12. The van der Waals surface area contributed by atoms with Gasteiger partial charge in [-0.25, -0.2) is 9.78 Å². The Morgan fingerprint density at radius 3 is 2.53 bits per heavy atom. The molecule has 0 unspecified atom stereocenters. The zero-order valence-electron chi connectivity index (χ0n) is 10.0. The molecule has 0 aliphatic rings. The maximum absolute atomic E-state index is 11.0. The van der Waals surface area contributed by atoms with Crippen molar-refractivity contribution in [2.45, 2.75) is 0 Å². The van der Waals surface area contributed by atoms with Crippen molar-refractivity contribution in [2.75, 3.05) is 0 Å². The first-order chi connectivity index (χ1) is 9.06. The molecule has 1 N–H and O–H groups in total. The van der Waals surface area contributed by atoms with Crippen LogP contribution in [-0.2, 0) is 7.05 Å². The molecule has 2 aromatic heterocycles. The van der Waals surface area contributed by atoms with Crippen molar-refractivity contribution in [2.24, 2.45) is 7.05 Å². The van der Waals surface area contributed by atoms with E-state index in [0.717, 1.165) is 11.3 Å². The molecule has 0 aliphatic heterocycles. The molecule has 3 rings (SSSR count). The van der Waals surface area contributed by atoms with Crippen LogP contribution in [0.25, 0.3) is 17.0 Å². The van der Waals surface area contributed by atoms with Gasteiger partial charge >= 0.3 is 5.97 Å². The van der Waals surface area contributed by atoms with E-state index in [1.807, 2.05) is 30.5 Å². The highest BCUT2D eigenvalue weighted by Gasteiger charge is 2.15. The van der Waals surface area contributed by atoms with Gasteiger partial charge in [0.05, 0.1) is 5.69 Å². The minimum Gasteiger partial charge on any atom is -0.477 e. The Kier molecular flexibility index (Phi) is 2.81. The summed E-state index contributed by atoms with van der Waals surface area (Å²) in [5, 5.41) is 9.04. The number of carboxylic acid groups (broad SMARTS) is 1. The summed E-state index contributed by atoms with van der Waals surface area (Å²) in [5.74, 6) is -0.338. The lowest BCUT2D eigenvalue weighted by atomic mass is 10.2. The number of fused-ring (bicyclic) bond motifs is 1. The smallest absolute Gasteiger partial charge is 0.354 e. The van der Waals surface area contributed by atoms with Crippen molar-refractivity contribution < 1.29 is 9.90 Å². The van der Waals surface area contributed by atoms with E-state index < -0.39 is 5.97 Å². The van der Waals surface area contributed by atoms with Gasteiger partial charge in [-0.1, -0.05) is 12.1 Å². The first-order valence-corrected chi connectivity index (χ1v) is 6.68. The Morgan fingerprint density at radius 2 is 1.95 bits per heavy atom. The van der Waals surface area contributed by atoms with Crippen LogP contribution >= 0.6 is 22.6 Å². The van der Waals surface area contributed by atoms with Crippen LogP contribution in [0.15, 0.2) is 36.7 Å². The van der Waals surface area contributed by atoms with Gasteiger partial charge in [-0.05, 0) is 34.7 Å². The Balaban J connectivity index is 2.13. The largest absolute Gasteiger partial charge is 0.477 e. The highest BCUT2D eigenvalue weighted by atomic mass is 127. The minimum atomic E-state index is -0.955. The van der Waals surface area contributed by atoms with Gasteiger partial charge in [0.15, 0.2) is 0 Å². The Hall–Kier alpha value is -1.83. The molecular formula is C13H10IN3O2. The first-order valence-electron chi connectivity index (χ1n) is 5.60. The number of carbonyl (C=O) groups is 1. The molecule has 5 nitrogen and oxygen atoms in total. The van der Waals surface area contributed by atoms with Crippen molar-refractivity contribution in [3.63, 3.8) is 0 Å². The number of aromatic carboxylic acids is 1. The van der Waals surface area contributed by atoms with E-state index >= 15 is 0 Å². The van der Waals surface area contributed by atoms with Crippen molar-refractivity contribution in [1.82, 2.24) is 14.0 Å². The molecule has 2 heterocycles. The van der Waals surface area contributed by atoms with E-state index in [2.05, 4.69) is 27.6 Å². The third-order valence-corrected chi connectivity index (χ3v) is 3.71. The van der Waals surface area contributed by atoms with Gasteiger partial charge < -0.3 is 9.67 Å². The molecule has 0 radical (unpaired) electrons. The van der Waals surface area contributed by atoms with Crippen molar-refractivity contribution >= 4 is 34.3 Å². The van der Waals surface area contributed by atoms with Crippen LogP contribution in [-0.4, -0.2) is 25.0 Å². The number of aryl methyl sites for hydroxylation is 1. The zero-order valence-corrected chi connectivity index (χ0v) is 12.2. The molecule has 96 valence electrons. The average Bonchev–Trinajstić information content (AvgIpc) is 2.90. The van der Waals surface area contributed by atoms with Crippen LogP contribution in [0.3, 0.4) is 0 Å². The van der Waals surface area contributed by atoms with E-state index in [1.165, 1.54) is 3.57 Å². The lowest BCUT2D eigenvalue weighted by Gasteiger charge is -1.97. The molecule has 6 heteroatoms. The maximum Gasteiger partial charge on any atom is 0.354 e. The van der Waals surface area contributed by atoms with Crippen LogP contribution < -0.4 is 0 Å². The molecule has 0 saturated carbocycles. The summed E-state index contributed by atoms with van der Waals surface area (Å²) in [7, 11) is 1.70. The predicted molar refractivity (Wildman–Crippen MR) is 79.3 cm³/mol. The van der Waals surface area contributed by atoms with Crippen molar-refractivity contribution in [1.29, 1.82) is 0 Å². The molecular weight excluding hydrogens is 357 g/mol. The molecule has 0 spiro atoms. The number of carboxylic acids is 1. The van der Waals surface area contributed by atoms with Gasteiger partial charge in [-0.3, -0.25) is 4.40 Å². The summed E-state index contributed by atoms with van der Waals surface area (Å²) >= 11 is 2.25. The second-order valence-corrected chi connectivity index (χ2v) is 5.46. The van der Waals surface area contributed by atoms with Crippen molar-refractivity contribution in [3.8, 4) is 11.3 Å². The molecule has 3 aromatic rings. The Bertz CT molecular complexity index is 771. The van der Waals surface area contributed by atoms with Crippen LogP contribution in [0.1, 0.15) is 10.5 Å². The highest BCUT2D eigenvalue weighted by molar-refractivity contribution is 14.1. The number of nitrogens with zero attached hydrogens (tertiary/aromatic N) is 3. The van der Waals surface area contributed by atoms with Gasteiger partial charge in [0, 0.05) is 28.6 Å². The summed E-state index contributed by atoms with van der Waals surface area (Å²) in [5.41, 5.74) is 2.07. The standard InChI is InChI=1S/C13H10IN3O2/c1-16-11(12(18)19)7-17-6-10(15-13(16)17)8-2-4-9(14)5-3-8/h2-7H,1H3,(H,18,19). The fourth-order valence-electron chi connectivity index (χ4n) is 2.01. The summed E-state index contributed by atoms with van der Waals surface area (Å²) < 4.78 is 4.47. The topological polar surface area (TPSA) is 59.5 Å². The van der Waals surface area contributed by atoms with E-state index in [-0.39, 0.29) is 5.69 Å². The molecule has 0 atom stereocenters. The van der Waals surface area contributed by atoms with E-state index in [0.29, 0.717) is 5.78 Å². The predicted octanol–water partition coefficient (Wildman–Crippen LogP) is 2.64. The monoisotopic (exact) mass is 367 g/mol. The van der Waals surface area contributed by atoms with Crippen LogP contribution in [0.5, 0.6) is 0 Å². The maximum atomic E-state index is 11.0. The molecule has 19 heavy (non-hydrogen) atoms. The zero-order chi connectivity index (χ0) is 13.6. The number of rotatable bonds is 2. The highest BCUT2D eigenvalue weighted by Crippen LogP contribution is 2.21. The molecule has 1 aromatic carbocycles. The molecule has 0 aliphatic carbocycles. The Morgan fingerprint density at radius 1 is 1.26 bits per heavy atom. The molecule has 0 saturated heterocycles. The summed E-state index contributed by atoms with van der Waals surface area (Å²) in [6, 6.07) is 8.04. The van der Waals surface area contributed by atoms with Gasteiger partial charge in [-0.15, -0.1) is 0 Å². The molecule has 0 bridgehead atoms. The number of benzene rings is 1.